The summed E-state index contributed by atoms with van der Waals surface area (Å²) in [5.74, 6) is 0.290. The molecule has 4 heteroatoms. The van der Waals surface area contributed by atoms with Crippen LogP contribution in [-0.2, 0) is 4.79 Å². The summed E-state index contributed by atoms with van der Waals surface area (Å²) in [4.78, 5) is 17.2. The summed E-state index contributed by atoms with van der Waals surface area (Å²) in [6.45, 7) is 5.48. The van der Waals surface area contributed by atoms with E-state index in [1.807, 2.05) is 12.1 Å². The normalized spacial score (nSPS) is 25.6. The molecule has 4 nitrogen and oxygen atoms in total. The lowest BCUT2D eigenvalue weighted by Gasteiger charge is -2.23. The first-order chi connectivity index (χ1) is 10.7. The van der Waals surface area contributed by atoms with Gasteiger partial charge in [0, 0.05) is 30.5 Å². The summed E-state index contributed by atoms with van der Waals surface area (Å²) in [6, 6.07) is 8.69. The average Bonchev–Trinajstić information content (AvgIpc) is 3.17. The summed E-state index contributed by atoms with van der Waals surface area (Å²) in [7, 11) is 2.12. The molecule has 0 bridgehead atoms. The third-order valence-electron chi connectivity index (χ3n) is 5.18. The number of hydrogen-bond donors (Lipinski definition) is 1. The highest BCUT2D eigenvalue weighted by atomic mass is 16.2. The molecule has 0 aromatic heterocycles. The van der Waals surface area contributed by atoms with E-state index in [1.165, 1.54) is 18.5 Å². The van der Waals surface area contributed by atoms with Crippen LogP contribution in [0.25, 0.3) is 0 Å². The standard InChI is InChI=1S/C18H27N3O/c1-3-17-16(10-13-20(17)2)18(22)19-14-6-8-15(9-7-14)21-11-4-5-12-21/h6-9,16-17H,3-5,10-13H2,1-2H3,(H,19,22)/t16-,17+/m0/s1. The first-order valence-corrected chi connectivity index (χ1v) is 8.55. The van der Waals surface area contributed by atoms with Gasteiger partial charge >= 0.3 is 0 Å². The minimum Gasteiger partial charge on any atom is -0.372 e. The van der Waals surface area contributed by atoms with Gasteiger partial charge in [-0.25, -0.2) is 0 Å². The van der Waals surface area contributed by atoms with Crippen LogP contribution in [0.1, 0.15) is 32.6 Å². The summed E-state index contributed by atoms with van der Waals surface area (Å²) in [6.07, 6.45) is 4.56. The van der Waals surface area contributed by atoms with Crippen molar-refractivity contribution < 1.29 is 4.79 Å². The van der Waals surface area contributed by atoms with Gasteiger partial charge in [-0.1, -0.05) is 6.92 Å². The molecule has 120 valence electrons. The van der Waals surface area contributed by atoms with Crippen LogP contribution in [0.15, 0.2) is 24.3 Å². The molecule has 2 heterocycles. The summed E-state index contributed by atoms with van der Waals surface area (Å²) in [5, 5.41) is 3.10. The van der Waals surface area contributed by atoms with Gasteiger partial charge in [0.1, 0.15) is 0 Å². The number of rotatable bonds is 4. The molecule has 22 heavy (non-hydrogen) atoms. The molecule has 0 spiro atoms. The maximum atomic E-state index is 12.5. The number of amides is 1. The number of anilines is 2. The van der Waals surface area contributed by atoms with E-state index in [2.05, 4.69) is 41.2 Å². The van der Waals surface area contributed by atoms with Crippen molar-refractivity contribution in [1.29, 1.82) is 0 Å². The SMILES string of the molecule is CC[C@@H]1[C@@H](C(=O)Nc2ccc(N3CCCC3)cc2)CCN1C. The Kier molecular flexibility index (Phi) is 4.67. The van der Waals surface area contributed by atoms with Gasteiger partial charge in [0.15, 0.2) is 0 Å². The largest absolute Gasteiger partial charge is 0.372 e. The third kappa shape index (κ3) is 3.12. The fourth-order valence-electron chi connectivity index (χ4n) is 3.88. The van der Waals surface area contributed by atoms with E-state index < -0.39 is 0 Å². The molecule has 1 aromatic rings. The van der Waals surface area contributed by atoms with E-state index in [4.69, 9.17) is 0 Å². The van der Waals surface area contributed by atoms with Crippen molar-refractivity contribution in [2.24, 2.45) is 5.92 Å². The van der Waals surface area contributed by atoms with Crippen molar-refractivity contribution >= 4 is 17.3 Å². The van der Waals surface area contributed by atoms with Crippen molar-refractivity contribution in [1.82, 2.24) is 4.90 Å². The van der Waals surface area contributed by atoms with Crippen molar-refractivity contribution in [2.45, 2.75) is 38.6 Å². The Morgan fingerprint density at radius 3 is 2.50 bits per heavy atom. The number of carbonyl (C=O) groups excluding carboxylic acids is 1. The minimum atomic E-state index is 0.119. The monoisotopic (exact) mass is 301 g/mol. The molecule has 3 rings (SSSR count). The van der Waals surface area contributed by atoms with E-state index in [0.29, 0.717) is 6.04 Å². The van der Waals surface area contributed by atoms with Crippen molar-refractivity contribution in [3.8, 4) is 0 Å². The van der Waals surface area contributed by atoms with Crippen LogP contribution < -0.4 is 10.2 Å². The average molecular weight is 301 g/mol. The molecule has 1 N–H and O–H groups in total. The number of hydrogen-bond acceptors (Lipinski definition) is 3. The Morgan fingerprint density at radius 2 is 1.86 bits per heavy atom. The fourth-order valence-corrected chi connectivity index (χ4v) is 3.88. The van der Waals surface area contributed by atoms with Gasteiger partial charge in [-0.05, 0) is 63.5 Å². The predicted octanol–water partition coefficient (Wildman–Crippen LogP) is 2.96. The van der Waals surface area contributed by atoms with Gasteiger partial charge < -0.3 is 15.1 Å². The molecule has 0 saturated carbocycles. The van der Waals surface area contributed by atoms with E-state index in [9.17, 15) is 4.79 Å². The smallest absolute Gasteiger partial charge is 0.229 e. The molecule has 2 aliphatic heterocycles. The zero-order valence-electron chi connectivity index (χ0n) is 13.7. The maximum Gasteiger partial charge on any atom is 0.229 e. The molecule has 0 aliphatic carbocycles. The number of carbonyl (C=O) groups is 1. The molecule has 1 amide bonds. The maximum absolute atomic E-state index is 12.5. The molecular formula is C18H27N3O. The lowest BCUT2D eigenvalue weighted by molar-refractivity contribution is -0.120. The lowest BCUT2D eigenvalue weighted by Crippen LogP contribution is -2.35. The molecule has 0 unspecified atom stereocenters. The first-order valence-electron chi connectivity index (χ1n) is 8.55. The fraction of sp³-hybridized carbons (Fsp3) is 0.611. The number of benzene rings is 1. The minimum absolute atomic E-state index is 0.119. The lowest BCUT2D eigenvalue weighted by atomic mass is 9.97. The van der Waals surface area contributed by atoms with E-state index in [-0.39, 0.29) is 11.8 Å². The number of nitrogens with one attached hydrogen (secondary N) is 1. The molecule has 2 aliphatic rings. The third-order valence-corrected chi connectivity index (χ3v) is 5.18. The zero-order valence-corrected chi connectivity index (χ0v) is 13.7. The second kappa shape index (κ2) is 6.69. The van der Waals surface area contributed by atoms with Crippen LogP contribution in [0, 0.1) is 5.92 Å². The number of nitrogens with zero attached hydrogens (tertiary/aromatic N) is 2. The van der Waals surface area contributed by atoms with Crippen LogP contribution in [0.3, 0.4) is 0 Å². The van der Waals surface area contributed by atoms with Crippen LogP contribution in [0.2, 0.25) is 0 Å². The molecule has 2 fully saturated rings. The second-order valence-corrected chi connectivity index (χ2v) is 6.58. The molecule has 2 atom stereocenters. The van der Waals surface area contributed by atoms with Gasteiger partial charge in [-0.3, -0.25) is 4.79 Å². The zero-order chi connectivity index (χ0) is 15.5. The summed E-state index contributed by atoms with van der Waals surface area (Å²) in [5.41, 5.74) is 2.18. The van der Waals surface area contributed by atoms with Crippen LogP contribution >= 0.6 is 0 Å². The summed E-state index contributed by atoms with van der Waals surface area (Å²) < 4.78 is 0. The quantitative estimate of drug-likeness (QED) is 0.929. The van der Waals surface area contributed by atoms with Gasteiger partial charge in [0.05, 0.1) is 5.92 Å². The van der Waals surface area contributed by atoms with Crippen molar-refractivity contribution in [3.63, 3.8) is 0 Å². The highest BCUT2D eigenvalue weighted by molar-refractivity contribution is 5.93. The van der Waals surface area contributed by atoms with E-state index in [0.717, 1.165) is 38.2 Å². The van der Waals surface area contributed by atoms with Gasteiger partial charge in [-0.15, -0.1) is 0 Å². The number of likely N-dealkylation sites (tertiary alicyclic amines) is 1. The Hall–Kier alpha value is -1.55. The van der Waals surface area contributed by atoms with Crippen LogP contribution in [-0.4, -0.2) is 43.5 Å². The van der Waals surface area contributed by atoms with Crippen molar-refractivity contribution in [3.05, 3.63) is 24.3 Å². The molecule has 1 aromatic carbocycles. The van der Waals surface area contributed by atoms with Crippen LogP contribution in [0.4, 0.5) is 11.4 Å². The van der Waals surface area contributed by atoms with Crippen LogP contribution in [0.5, 0.6) is 0 Å². The highest BCUT2D eigenvalue weighted by Crippen LogP contribution is 2.27. The highest BCUT2D eigenvalue weighted by Gasteiger charge is 2.35. The van der Waals surface area contributed by atoms with Crippen molar-refractivity contribution in [2.75, 3.05) is 36.9 Å². The topological polar surface area (TPSA) is 35.6 Å². The van der Waals surface area contributed by atoms with Gasteiger partial charge in [-0.2, -0.15) is 0 Å². The Labute approximate surface area is 133 Å². The van der Waals surface area contributed by atoms with E-state index >= 15 is 0 Å². The molecular weight excluding hydrogens is 274 g/mol. The first kappa shape index (κ1) is 15.3. The Balaban J connectivity index is 1.61. The van der Waals surface area contributed by atoms with Gasteiger partial charge in [0.2, 0.25) is 5.91 Å². The Morgan fingerprint density at radius 1 is 1.18 bits per heavy atom. The second-order valence-electron chi connectivity index (χ2n) is 6.58. The molecule has 0 radical (unpaired) electrons. The van der Waals surface area contributed by atoms with Gasteiger partial charge in [0.25, 0.3) is 0 Å². The Bertz CT molecular complexity index is 508. The van der Waals surface area contributed by atoms with E-state index in [1.54, 1.807) is 0 Å². The molecule has 2 saturated heterocycles. The predicted molar refractivity (Wildman–Crippen MR) is 91.3 cm³/mol. The summed E-state index contributed by atoms with van der Waals surface area (Å²) >= 11 is 0.